The van der Waals surface area contributed by atoms with Crippen LogP contribution in [0, 0.1) is 0 Å². The lowest BCUT2D eigenvalue weighted by atomic mass is 10.1. The number of likely N-dealkylation sites (N-methyl/N-ethyl adjacent to an activating group) is 1. The van der Waals surface area contributed by atoms with Crippen LogP contribution in [0.25, 0.3) is 0 Å². The second kappa shape index (κ2) is 12.5. The summed E-state index contributed by atoms with van der Waals surface area (Å²) in [6, 6.07) is 0. The van der Waals surface area contributed by atoms with Crippen LogP contribution in [0.1, 0.15) is 51.9 Å². The second-order valence-electron chi connectivity index (χ2n) is 6.93. The van der Waals surface area contributed by atoms with Crippen molar-refractivity contribution in [2.45, 2.75) is 51.9 Å². The first-order valence-electron chi connectivity index (χ1n) is 9.46. The molecule has 23 heavy (non-hydrogen) atoms. The standard InChI is InChI=1S/C19H37N3O/c1-4-5-6-7-8-9-10-12-19(23)22-14-11-13-21(17-18-22)16-15-20(2)3/h10,12H,4-9,11,13-18H2,1-3H3. The molecule has 0 aromatic rings. The van der Waals surface area contributed by atoms with Gasteiger partial charge in [0.25, 0.3) is 0 Å². The van der Waals surface area contributed by atoms with E-state index in [2.05, 4.69) is 36.9 Å². The summed E-state index contributed by atoms with van der Waals surface area (Å²) < 4.78 is 0. The van der Waals surface area contributed by atoms with Gasteiger partial charge < -0.3 is 14.7 Å². The molecule has 1 saturated heterocycles. The summed E-state index contributed by atoms with van der Waals surface area (Å²) >= 11 is 0. The van der Waals surface area contributed by atoms with Gasteiger partial charge in [-0.1, -0.05) is 38.7 Å². The lowest BCUT2D eigenvalue weighted by molar-refractivity contribution is -0.125. The Bertz CT molecular complexity index is 342. The van der Waals surface area contributed by atoms with Crippen LogP contribution in [0.15, 0.2) is 12.2 Å². The van der Waals surface area contributed by atoms with Gasteiger partial charge in [-0.3, -0.25) is 4.79 Å². The number of carbonyl (C=O) groups is 1. The third-order valence-electron chi connectivity index (χ3n) is 4.50. The van der Waals surface area contributed by atoms with Gasteiger partial charge in [0, 0.05) is 32.7 Å². The fourth-order valence-electron chi connectivity index (χ4n) is 2.91. The monoisotopic (exact) mass is 323 g/mol. The summed E-state index contributed by atoms with van der Waals surface area (Å²) in [5.41, 5.74) is 0. The summed E-state index contributed by atoms with van der Waals surface area (Å²) in [7, 11) is 4.22. The SMILES string of the molecule is CCCCCCCC=CC(=O)N1CCCN(CCN(C)C)CC1. The van der Waals surface area contributed by atoms with Gasteiger partial charge >= 0.3 is 0 Å². The first kappa shape index (κ1) is 20.2. The highest BCUT2D eigenvalue weighted by atomic mass is 16.2. The maximum absolute atomic E-state index is 12.3. The van der Waals surface area contributed by atoms with Crippen LogP contribution in [-0.2, 0) is 4.79 Å². The Kier molecular flexibility index (Phi) is 11.0. The minimum Gasteiger partial charge on any atom is -0.338 e. The molecule has 0 saturated carbocycles. The van der Waals surface area contributed by atoms with Crippen molar-refractivity contribution in [1.82, 2.24) is 14.7 Å². The molecule has 1 rings (SSSR count). The number of nitrogens with zero attached hydrogens (tertiary/aromatic N) is 3. The summed E-state index contributed by atoms with van der Waals surface area (Å²) in [5.74, 6) is 0.202. The van der Waals surface area contributed by atoms with E-state index < -0.39 is 0 Å². The molecule has 0 radical (unpaired) electrons. The van der Waals surface area contributed by atoms with Gasteiger partial charge in [0.05, 0.1) is 0 Å². The van der Waals surface area contributed by atoms with Gasteiger partial charge in [-0.05, 0) is 46.0 Å². The zero-order chi connectivity index (χ0) is 16.9. The van der Waals surface area contributed by atoms with Gasteiger partial charge in [-0.15, -0.1) is 0 Å². The minimum absolute atomic E-state index is 0.202. The average molecular weight is 324 g/mol. The average Bonchev–Trinajstić information content (AvgIpc) is 2.77. The molecule has 0 aromatic carbocycles. The Morgan fingerprint density at radius 2 is 1.83 bits per heavy atom. The van der Waals surface area contributed by atoms with E-state index in [-0.39, 0.29) is 5.91 Å². The number of amides is 1. The van der Waals surface area contributed by atoms with Gasteiger partial charge in [0.1, 0.15) is 0 Å². The Morgan fingerprint density at radius 3 is 2.57 bits per heavy atom. The molecule has 4 heteroatoms. The fourth-order valence-corrected chi connectivity index (χ4v) is 2.91. The molecule has 0 atom stereocenters. The van der Waals surface area contributed by atoms with E-state index in [9.17, 15) is 4.79 Å². The highest BCUT2D eigenvalue weighted by Crippen LogP contribution is 2.07. The van der Waals surface area contributed by atoms with E-state index in [1.807, 2.05) is 4.90 Å². The first-order chi connectivity index (χ1) is 11.1. The molecule has 0 bridgehead atoms. The lowest BCUT2D eigenvalue weighted by Gasteiger charge is -2.22. The van der Waals surface area contributed by atoms with E-state index in [1.54, 1.807) is 6.08 Å². The number of hydrogen-bond donors (Lipinski definition) is 0. The van der Waals surface area contributed by atoms with Gasteiger partial charge in [0.15, 0.2) is 0 Å². The van der Waals surface area contributed by atoms with Crippen LogP contribution < -0.4 is 0 Å². The molecule has 4 nitrogen and oxygen atoms in total. The zero-order valence-electron chi connectivity index (χ0n) is 15.6. The van der Waals surface area contributed by atoms with Crippen molar-refractivity contribution in [3.05, 3.63) is 12.2 Å². The number of rotatable bonds is 10. The molecule has 134 valence electrons. The molecule has 0 N–H and O–H groups in total. The van der Waals surface area contributed by atoms with Crippen LogP contribution in [0.5, 0.6) is 0 Å². The zero-order valence-corrected chi connectivity index (χ0v) is 15.6. The predicted octanol–water partition coefficient (Wildman–Crippen LogP) is 3.00. The van der Waals surface area contributed by atoms with Crippen molar-refractivity contribution in [3.8, 4) is 0 Å². The lowest BCUT2D eigenvalue weighted by Crippen LogP contribution is -2.36. The smallest absolute Gasteiger partial charge is 0.246 e. The largest absolute Gasteiger partial charge is 0.338 e. The third kappa shape index (κ3) is 9.77. The summed E-state index contributed by atoms with van der Waals surface area (Å²) in [5, 5.41) is 0. The summed E-state index contributed by atoms with van der Waals surface area (Å²) in [6.07, 6.45) is 12.4. The maximum Gasteiger partial charge on any atom is 0.246 e. The van der Waals surface area contributed by atoms with E-state index in [0.717, 1.165) is 52.1 Å². The fraction of sp³-hybridized carbons (Fsp3) is 0.842. The van der Waals surface area contributed by atoms with Crippen molar-refractivity contribution < 1.29 is 4.79 Å². The Hall–Kier alpha value is -0.870. The Labute approximate surface area is 143 Å². The van der Waals surface area contributed by atoms with Crippen molar-refractivity contribution in [3.63, 3.8) is 0 Å². The van der Waals surface area contributed by atoms with Crippen LogP contribution in [0.3, 0.4) is 0 Å². The van der Waals surface area contributed by atoms with Crippen LogP contribution in [0.2, 0.25) is 0 Å². The number of allylic oxidation sites excluding steroid dienone is 1. The number of hydrogen-bond acceptors (Lipinski definition) is 3. The number of unbranched alkanes of at least 4 members (excludes halogenated alkanes) is 5. The molecule has 0 aromatic heterocycles. The molecule has 1 amide bonds. The molecule has 1 heterocycles. The Morgan fingerprint density at radius 1 is 1.04 bits per heavy atom. The molecule has 1 fully saturated rings. The molecule has 0 spiro atoms. The van der Waals surface area contributed by atoms with E-state index in [0.29, 0.717) is 0 Å². The van der Waals surface area contributed by atoms with Crippen molar-refractivity contribution in [2.24, 2.45) is 0 Å². The number of carbonyl (C=O) groups excluding carboxylic acids is 1. The molecular weight excluding hydrogens is 286 g/mol. The molecule has 1 aliphatic rings. The highest BCUT2D eigenvalue weighted by Gasteiger charge is 2.17. The maximum atomic E-state index is 12.3. The van der Waals surface area contributed by atoms with Crippen LogP contribution >= 0.6 is 0 Å². The van der Waals surface area contributed by atoms with Crippen LogP contribution in [-0.4, -0.2) is 74.0 Å². The summed E-state index contributed by atoms with van der Waals surface area (Å²) in [4.78, 5) is 19.0. The summed E-state index contributed by atoms with van der Waals surface area (Å²) in [6.45, 7) is 8.31. The van der Waals surface area contributed by atoms with E-state index >= 15 is 0 Å². The van der Waals surface area contributed by atoms with E-state index in [4.69, 9.17) is 0 Å². The third-order valence-corrected chi connectivity index (χ3v) is 4.50. The molecule has 0 aliphatic carbocycles. The second-order valence-corrected chi connectivity index (χ2v) is 6.93. The van der Waals surface area contributed by atoms with Crippen molar-refractivity contribution in [2.75, 3.05) is 53.4 Å². The Balaban J connectivity index is 2.20. The van der Waals surface area contributed by atoms with Gasteiger partial charge in [-0.2, -0.15) is 0 Å². The quantitative estimate of drug-likeness (QED) is 0.457. The van der Waals surface area contributed by atoms with E-state index in [1.165, 1.54) is 32.1 Å². The predicted molar refractivity (Wildman–Crippen MR) is 98.7 cm³/mol. The normalized spacial score (nSPS) is 17.1. The highest BCUT2D eigenvalue weighted by molar-refractivity contribution is 5.87. The van der Waals surface area contributed by atoms with Crippen molar-refractivity contribution in [1.29, 1.82) is 0 Å². The van der Waals surface area contributed by atoms with Gasteiger partial charge in [0.2, 0.25) is 5.91 Å². The molecular formula is C19H37N3O. The first-order valence-corrected chi connectivity index (χ1v) is 9.46. The van der Waals surface area contributed by atoms with Crippen molar-refractivity contribution >= 4 is 5.91 Å². The molecule has 1 aliphatic heterocycles. The topological polar surface area (TPSA) is 26.8 Å². The van der Waals surface area contributed by atoms with Crippen LogP contribution in [0.4, 0.5) is 0 Å². The minimum atomic E-state index is 0.202. The molecule has 0 unspecified atom stereocenters. The van der Waals surface area contributed by atoms with Gasteiger partial charge in [-0.25, -0.2) is 0 Å².